The molecule has 2 aromatic heterocycles. The number of carbonyl (C=O) groups excluding carboxylic acids is 1. The number of aromatic nitrogens is 2. The van der Waals surface area contributed by atoms with E-state index in [1.807, 2.05) is 41.9 Å². The summed E-state index contributed by atoms with van der Waals surface area (Å²) < 4.78 is 1.89. The molecule has 4 nitrogen and oxygen atoms in total. The average molecular weight is 374 g/mol. The third-order valence-electron chi connectivity index (χ3n) is 4.78. The number of halogens is 1. The van der Waals surface area contributed by atoms with Crippen LogP contribution < -0.4 is 5.32 Å². The Labute approximate surface area is 155 Å². The number of benzene rings is 1. The summed E-state index contributed by atoms with van der Waals surface area (Å²) in [4.78, 5) is 14.4. The molecule has 1 saturated carbocycles. The predicted molar refractivity (Wildman–Crippen MR) is 103 cm³/mol. The maximum Gasteiger partial charge on any atom is 0.261 e. The number of hydrogen-bond acceptors (Lipinski definition) is 3. The zero-order chi connectivity index (χ0) is 17.4. The van der Waals surface area contributed by atoms with E-state index in [9.17, 15) is 4.79 Å². The van der Waals surface area contributed by atoms with Crippen molar-refractivity contribution >= 4 is 39.1 Å². The number of hydrogen-bond donors (Lipinski definition) is 1. The lowest BCUT2D eigenvalue weighted by Gasteiger charge is -2.22. The highest BCUT2D eigenvalue weighted by Crippen LogP contribution is 2.31. The van der Waals surface area contributed by atoms with Gasteiger partial charge in [-0.25, -0.2) is 4.68 Å². The number of fused-ring (bicyclic) bond motifs is 1. The van der Waals surface area contributed by atoms with E-state index in [-0.39, 0.29) is 5.91 Å². The molecular weight excluding hydrogens is 354 g/mol. The molecule has 1 aliphatic carbocycles. The number of aryl methyl sites for hydroxylation is 1. The van der Waals surface area contributed by atoms with Crippen LogP contribution in [0, 0.1) is 6.92 Å². The second-order valence-corrected chi connectivity index (χ2v) is 8.08. The zero-order valence-corrected chi connectivity index (χ0v) is 15.7. The molecule has 6 heteroatoms. The van der Waals surface area contributed by atoms with Gasteiger partial charge in [0.25, 0.3) is 5.91 Å². The fourth-order valence-electron chi connectivity index (χ4n) is 3.42. The number of nitrogens with one attached hydrogen (secondary N) is 1. The fraction of sp³-hybridized carbons (Fsp3) is 0.368. The van der Waals surface area contributed by atoms with Crippen LogP contribution in [0.25, 0.3) is 15.9 Å². The van der Waals surface area contributed by atoms with Crippen molar-refractivity contribution in [3.05, 3.63) is 45.9 Å². The molecule has 0 saturated heterocycles. The van der Waals surface area contributed by atoms with Gasteiger partial charge in [0.1, 0.15) is 4.83 Å². The largest absolute Gasteiger partial charge is 0.349 e. The quantitative estimate of drug-likeness (QED) is 0.693. The van der Waals surface area contributed by atoms with Crippen molar-refractivity contribution in [2.45, 2.75) is 45.1 Å². The Morgan fingerprint density at radius 3 is 2.68 bits per heavy atom. The summed E-state index contributed by atoms with van der Waals surface area (Å²) >= 11 is 7.48. The summed E-state index contributed by atoms with van der Waals surface area (Å²) in [5.74, 6) is 0.0372. The molecule has 25 heavy (non-hydrogen) atoms. The molecule has 0 aliphatic heterocycles. The van der Waals surface area contributed by atoms with E-state index >= 15 is 0 Å². The Kier molecular flexibility index (Phi) is 4.52. The topological polar surface area (TPSA) is 46.9 Å². The minimum Gasteiger partial charge on any atom is -0.349 e. The van der Waals surface area contributed by atoms with Crippen molar-refractivity contribution in [1.82, 2.24) is 15.1 Å². The van der Waals surface area contributed by atoms with Gasteiger partial charge in [-0.15, -0.1) is 11.3 Å². The van der Waals surface area contributed by atoms with E-state index in [1.54, 1.807) is 0 Å². The molecule has 1 aromatic carbocycles. The van der Waals surface area contributed by atoms with Gasteiger partial charge in [-0.2, -0.15) is 5.10 Å². The van der Waals surface area contributed by atoms with Crippen molar-refractivity contribution in [2.75, 3.05) is 0 Å². The Hall–Kier alpha value is -1.85. The fourth-order valence-corrected chi connectivity index (χ4v) is 4.63. The van der Waals surface area contributed by atoms with Crippen LogP contribution in [0.1, 0.15) is 47.5 Å². The highest BCUT2D eigenvalue weighted by atomic mass is 35.5. The summed E-state index contributed by atoms with van der Waals surface area (Å²) in [6.07, 6.45) is 5.89. The number of amides is 1. The third kappa shape index (κ3) is 3.31. The van der Waals surface area contributed by atoms with Crippen LogP contribution >= 0.6 is 22.9 Å². The smallest absolute Gasteiger partial charge is 0.261 e. The summed E-state index contributed by atoms with van der Waals surface area (Å²) in [5.41, 5.74) is 1.88. The van der Waals surface area contributed by atoms with Crippen molar-refractivity contribution in [3.8, 4) is 5.69 Å². The molecule has 1 N–H and O–H groups in total. The van der Waals surface area contributed by atoms with E-state index < -0.39 is 0 Å². The highest BCUT2D eigenvalue weighted by molar-refractivity contribution is 7.20. The van der Waals surface area contributed by atoms with Gasteiger partial charge in [0.05, 0.1) is 16.3 Å². The van der Waals surface area contributed by atoms with Crippen LogP contribution in [-0.2, 0) is 0 Å². The van der Waals surface area contributed by atoms with Gasteiger partial charge >= 0.3 is 0 Å². The maximum absolute atomic E-state index is 12.6. The monoisotopic (exact) mass is 373 g/mol. The second kappa shape index (κ2) is 6.81. The normalized spacial score (nSPS) is 15.6. The summed E-state index contributed by atoms with van der Waals surface area (Å²) in [5, 5.41) is 9.55. The van der Waals surface area contributed by atoms with Crippen LogP contribution in [0.15, 0.2) is 30.3 Å². The average Bonchev–Trinajstić information content (AvgIpc) is 3.18. The standard InChI is InChI=1S/C19H20ClN3OS/c1-12-16-11-17(18(24)21-14-5-3-2-4-6-14)25-19(16)23(22-12)15-9-7-13(20)8-10-15/h7-11,14H,2-6H2,1H3,(H,21,24). The lowest BCUT2D eigenvalue weighted by Crippen LogP contribution is -2.35. The molecule has 0 atom stereocenters. The van der Waals surface area contributed by atoms with E-state index in [0.717, 1.165) is 39.3 Å². The summed E-state index contributed by atoms with van der Waals surface area (Å²) in [6, 6.07) is 9.87. The Morgan fingerprint density at radius 2 is 1.96 bits per heavy atom. The number of nitrogens with zero attached hydrogens (tertiary/aromatic N) is 2. The van der Waals surface area contributed by atoms with Crippen molar-refractivity contribution in [2.24, 2.45) is 0 Å². The Bertz CT molecular complexity index is 907. The molecule has 0 unspecified atom stereocenters. The molecule has 2 heterocycles. The van der Waals surface area contributed by atoms with E-state index in [0.29, 0.717) is 11.1 Å². The van der Waals surface area contributed by atoms with Crippen molar-refractivity contribution in [3.63, 3.8) is 0 Å². The maximum atomic E-state index is 12.6. The summed E-state index contributed by atoms with van der Waals surface area (Å²) in [6.45, 7) is 1.98. The molecule has 1 fully saturated rings. The predicted octanol–water partition coefficient (Wildman–Crippen LogP) is 5.11. The third-order valence-corrected chi connectivity index (χ3v) is 6.14. The minimum absolute atomic E-state index is 0.0372. The highest BCUT2D eigenvalue weighted by Gasteiger charge is 2.20. The number of rotatable bonds is 3. The number of thiophene rings is 1. The zero-order valence-electron chi connectivity index (χ0n) is 14.1. The first-order valence-corrected chi connectivity index (χ1v) is 9.87. The van der Waals surface area contributed by atoms with Gasteiger partial charge in [-0.1, -0.05) is 30.9 Å². The number of carbonyl (C=O) groups is 1. The molecule has 1 amide bonds. The summed E-state index contributed by atoms with van der Waals surface area (Å²) in [7, 11) is 0. The SMILES string of the molecule is Cc1nn(-c2ccc(Cl)cc2)c2sc(C(=O)NC3CCCCC3)cc12. The van der Waals surface area contributed by atoms with Gasteiger partial charge in [0.2, 0.25) is 0 Å². The van der Waals surface area contributed by atoms with Gasteiger partial charge in [-0.3, -0.25) is 4.79 Å². The lowest BCUT2D eigenvalue weighted by atomic mass is 9.95. The van der Waals surface area contributed by atoms with Gasteiger partial charge in [0, 0.05) is 16.5 Å². The van der Waals surface area contributed by atoms with E-state index in [1.165, 1.54) is 30.6 Å². The molecule has 0 radical (unpaired) electrons. The Morgan fingerprint density at radius 1 is 1.24 bits per heavy atom. The molecule has 0 bridgehead atoms. The first kappa shape index (κ1) is 16.6. The molecule has 4 rings (SSSR count). The first-order valence-electron chi connectivity index (χ1n) is 8.68. The van der Waals surface area contributed by atoms with Crippen LogP contribution in [0.2, 0.25) is 5.02 Å². The van der Waals surface area contributed by atoms with Crippen LogP contribution in [0.4, 0.5) is 0 Å². The first-order chi connectivity index (χ1) is 12.1. The lowest BCUT2D eigenvalue weighted by molar-refractivity contribution is 0.0932. The van der Waals surface area contributed by atoms with Gasteiger partial charge in [0.15, 0.2) is 0 Å². The van der Waals surface area contributed by atoms with E-state index in [4.69, 9.17) is 11.6 Å². The van der Waals surface area contributed by atoms with Crippen molar-refractivity contribution < 1.29 is 4.79 Å². The molecule has 0 spiro atoms. The molecular formula is C19H20ClN3OS. The Balaban J connectivity index is 1.64. The molecule has 3 aromatic rings. The second-order valence-electron chi connectivity index (χ2n) is 6.61. The minimum atomic E-state index is 0.0372. The van der Waals surface area contributed by atoms with Crippen molar-refractivity contribution in [1.29, 1.82) is 0 Å². The van der Waals surface area contributed by atoms with E-state index in [2.05, 4.69) is 10.4 Å². The molecule has 130 valence electrons. The van der Waals surface area contributed by atoms with Gasteiger partial charge < -0.3 is 5.32 Å². The van der Waals surface area contributed by atoms with Crippen LogP contribution in [0.3, 0.4) is 0 Å². The van der Waals surface area contributed by atoms with Crippen LogP contribution in [-0.4, -0.2) is 21.7 Å². The molecule has 1 aliphatic rings. The van der Waals surface area contributed by atoms with Gasteiger partial charge in [-0.05, 0) is 50.1 Å². The van der Waals surface area contributed by atoms with Crippen LogP contribution in [0.5, 0.6) is 0 Å².